The van der Waals surface area contributed by atoms with Gasteiger partial charge in [0.05, 0.1) is 13.2 Å². The summed E-state index contributed by atoms with van der Waals surface area (Å²) in [4.78, 5) is 0. The normalized spacial score (nSPS) is 28.9. The third kappa shape index (κ3) is 1.34. The highest BCUT2D eigenvalue weighted by Crippen LogP contribution is 2.31. The Morgan fingerprint density at radius 3 is 3.25 bits per heavy atom. The lowest BCUT2D eigenvalue weighted by Crippen LogP contribution is -2.04. The Hall–Kier alpha value is -0.560. The van der Waals surface area contributed by atoms with E-state index in [1.807, 2.05) is 0 Å². The van der Waals surface area contributed by atoms with Crippen LogP contribution in [0.3, 0.4) is 0 Å². The predicted molar refractivity (Wildman–Crippen MR) is 50.0 cm³/mol. The van der Waals surface area contributed by atoms with Gasteiger partial charge in [0.25, 0.3) is 0 Å². The van der Waals surface area contributed by atoms with Gasteiger partial charge in [-0.15, -0.1) is 0 Å². The molecule has 1 aliphatic carbocycles. The van der Waals surface area contributed by atoms with Crippen molar-refractivity contribution in [2.75, 3.05) is 13.2 Å². The molecule has 0 fully saturated rings. The summed E-state index contributed by atoms with van der Waals surface area (Å²) in [5, 5.41) is 0. The van der Waals surface area contributed by atoms with Crippen LogP contribution in [0.2, 0.25) is 0 Å². The summed E-state index contributed by atoms with van der Waals surface area (Å²) in [7, 11) is 0. The Balaban J connectivity index is 2.24. The van der Waals surface area contributed by atoms with Crippen LogP contribution in [0.5, 0.6) is 0 Å². The quantitative estimate of drug-likeness (QED) is 0.579. The first kappa shape index (κ1) is 8.06. The molecule has 1 heterocycles. The van der Waals surface area contributed by atoms with Crippen molar-refractivity contribution in [1.29, 1.82) is 0 Å². The molecular weight excluding hydrogens is 148 g/mol. The van der Waals surface area contributed by atoms with Crippen molar-refractivity contribution in [2.24, 2.45) is 5.92 Å². The number of rotatable bonds is 1. The highest BCUT2D eigenvalue weighted by Gasteiger charge is 2.21. The van der Waals surface area contributed by atoms with Crippen LogP contribution in [-0.4, -0.2) is 13.2 Å². The molecule has 0 N–H and O–H groups in total. The molecule has 2 rings (SSSR count). The molecule has 1 nitrogen and oxygen atoms in total. The molecular formula is C11H16O. The van der Waals surface area contributed by atoms with Gasteiger partial charge < -0.3 is 4.74 Å². The molecule has 1 aliphatic heterocycles. The summed E-state index contributed by atoms with van der Waals surface area (Å²) >= 11 is 0. The number of hydrogen-bond donors (Lipinski definition) is 0. The molecule has 0 aromatic heterocycles. The Kier molecular flexibility index (Phi) is 2.31. The zero-order valence-electron chi connectivity index (χ0n) is 7.68. The molecule has 0 saturated carbocycles. The van der Waals surface area contributed by atoms with Gasteiger partial charge >= 0.3 is 0 Å². The highest BCUT2D eigenvalue weighted by molar-refractivity contribution is 5.32. The molecule has 1 unspecified atom stereocenters. The third-order valence-corrected chi connectivity index (χ3v) is 2.91. The number of ether oxygens (including phenoxy) is 1. The summed E-state index contributed by atoms with van der Waals surface area (Å²) in [6.07, 6.45) is 8.38. The van der Waals surface area contributed by atoms with Gasteiger partial charge in [0.2, 0.25) is 0 Å². The molecule has 66 valence electrons. The average Bonchev–Trinajstić information content (AvgIpc) is 2.46. The lowest BCUT2D eigenvalue weighted by Gasteiger charge is -2.13. The fourth-order valence-corrected chi connectivity index (χ4v) is 2.14. The first-order valence-corrected chi connectivity index (χ1v) is 4.88. The van der Waals surface area contributed by atoms with E-state index in [0.717, 1.165) is 19.1 Å². The van der Waals surface area contributed by atoms with E-state index in [9.17, 15) is 0 Å². The second-order valence-corrected chi connectivity index (χ2v) is 3.63. The minimum absolute atomic E-state index is 0.789. The van der Waals surface area contributed by atoms with Crippen LogP contribution < -0.4 is 0 Å². The summed E-state index contributed by atoms with van der Waals surface area (Å²) < 4.78 is 5.45. The maximum atomic E-state index is 5.45. The van der Waals surface area contributed by atoms with Gasteiger partial charge in [0.1, 0.15) is 0 Å². The third-order valence-electron chi connectivity index (χ3n) is 2.91. The maximum Gasteiger partial charge on any atom is 0.0721 e. The van der Waals surface area contributed by atoms with E-state index >= 15 is 0 Å². The standard InChI is InChI=1S/C11H16O/c1-2-9-5-3-4-6-10-7-12-8-11(9)10/h4,6,9H,2-3,5,7-8H2,1H3. The van der Waals surface area contributed by atoms with Crippen LogP contribution in [-0.2, 0) is 4.74 Å². The van der Waals surface area contributed by atoms with Crippen LogP contribution >= 0.6 is 0 Å². The topological polar surface area (TPSA) is 9.23 Å². The van der Waals surface area contributed by atoms with E-state index in [2.05, 4.69) is 19.1 Å². The molecule has 0 spiro atoms. The van der Waals surface area contributed by atoms with Crippen LogP contribution in [0.25, 0.3) is 0 Å². The zero-order valence-corrected chi connectivity index (χ0v) is 7.68. The molecule has 0 aromatic rings. The first-order chi connectivity index (χ1) is 5.92. The van der Waals surface area contributed by atoms with Gasteiger partial charge in [-0.1, -0.05) is 19.1 Å². The largest absolute Gasteiger partial charge is 0.372 e. The maximum absolute atomic E-state index is 5.45. The minimum atomic E-state index is 0.789. The van der Waals surface area contributed by atoms with Crippen molar-refractivity contribution in [3.05, 3.63) is 23.3 Å². The SMILES string of the molecule is CCC1CCC=CC2=C1COC2. The molecule has 2 aliphatic rings. The zero-order chi connectivity index (χ0) is 8.39. The fraction of sp³-hybridized carbons (Fsp3) is 0.636. The average molecular weight is 164 g/mol. The highest BCUT2D eigenvalue weighted by atomic mass is 16.5. The van der Waals surface area contributed by atoms with Gasteiger partial charge in [-0.2, -0.15) is 0 Å². The number of hydrogen-bond acceptors (Lipinski definition) is 1. The van der Waals surface area contributed by atoms with E-state index in [1.165, 1.54) is 24.8 Å². The van der Waals surface area contributed by atoms with Gasteiger partial charge in [-0.05, 0) is 36.3 Å². The summed E-state index contributed by atoms with van der Waals surface area (Å²) in [5.74, 6) is 0.789. The van der Waals surface area contributed by atoms with Gasteiger partial charge in [-0.25, -0.2) is 0 Å². The van der Waals surface area contributed by atoms with E-state index < -0.39 is 0 Å². The van der Waals surface area contributed by atoms with Crippen molar-refractivity contribution in [2.45, 2.75) is 26.2 Å². The van der Waals surface area contributed by atoms with E-state index in [0.29, 0.717) is 0 Å². The summed E-state index contributed by atoms with van der Waals surface area (Å²) in [6, 6.07) is 0. The van der Waals surface area contributed by atoms with Crippen LogP contribution in [0.4, 0.5) is 0 Å². The second kappa shape index (κ2) is 3.44. The molecule has 0 saturated heterocycles. The van der Waals surface area contributed by atoms with Gasteiger partial charge in [0, 0.05) is 0 Å². The molecule has 1 atom stereocenters. The first-order valence-electron chi connectivity index (χ1n) is 4.88. The van der Waals surface area contributed by atoms with Gasteiger partial charge in [-0.3, -0.25) is 0 Å². The second-order valence-electron chi connectivity index (χ2n) is 3.63. The summed E-state index contributed by atoms with van der Waals surface area (Å²) in [6.45, 7) is 4.01. The molecule has 0 bridgehead atoms. The molecule has 12 heavy (non-hydrogen) atoms. The molecule has 1 heteroatoms. The van der Waals surface area contributed by atoms with Crippen molar-refractivity contribution in [1.82, 2.24) is 0 Å². The molecule has 0 radical (unpaired) electrons. The Labute approximate surface area is 74.1 Å². The molecule has 0 aromatic carbocycles. The minimum Gasteiger partial charge on any atom is -0.372 e. The smallest absolute Gasteiger partial charge is 0.0721 e. The van der Waals surface area contributed by atoms with E-state index in [4.69, 9.17) is 4.74 Å². The van der Waals surface area contributed by atoms with Crippen molar-refractivity contribution in [3.8, 4) is 0 Å². The Morgan fingerprint density at radius 2 is 2.42 bits per heavy atom. The Morgan fingerprint density at radius 1 is 1.50 bits per heavy atom. The molecule has 0 amide bonds. The van der Waals surface area contributed by atoms with Crippen LogP contribution in [0.1, 0.15) is 26.2 Å². The van der Waals surface area contributed by atoms with Crippen molar-refractivity contribution in [3.63, 3.8) is 0 Å². The lowest BCUT2D eigenvalue weighted by atomic mass is 9.91. The van der Waals surface area contributed by atoms with E-state index in [-0.39, 0.29) is 0 Å². The predicted octanol–water partition coefficient (Wildman–Crippen LogP) is 2.69. The van der Waals surface area contributed by atoms with Crippen LogP contribution in [0.15, 0.2) is 23.3 Å². The van der Waals surface area contributed by atoms with Crippen LogP contribution in [0, 0.1) is 5.92 Å². The van der Waals surface area contributed by atoms with Crippen molar-refractivity contribution < 1.29 is 4.74 Å². The monoisotopic (exact) mass is 164 g/mol. The van der Waals surface area contributed by atoms with E-state index in [1.54, 1.807) is 5.57 Å². The fourth-order valence-electron chi connectivity index (χ4n) is 2.14. The summed E-state index contributed by atoms with van der Waals surface area (Å²) in [5.41, 5.74) is 3.03. The Bertz CT molecular complexity index is 225. The van der Waals surface area contributed by atoms with Gasteiger partial charge in [0.15, 0.2) is 0 Å². The lowest BCUT2D eigenvalue weighted by molar-refractivity contribution is 0.199. The van der Waals surface area contributed by atoms with Crippen molar-refractivity contribution >= 4 is 0 Å². The number of allylic oxidation sites excluding steroid dienone is 1.